The van der Waals surface area contributed by atoms with E-state index in [1.165, 1.54) is 0 Å². The number of hydrogen-bond donors (Lipinski definition) is 0. The monoisotopic (exact) mass is 328 g/mol. The average molecular weight is 328 g/mol. The standard InChI is InChI=1S/C20H24O4/c1-11-6-5-7-12(2)15(11)16-17(21)13-8-20(9-14(13)18(16)22)10-23-19(3,4)24-20/h5-7,13-14,16H,8-10H2,1-4H3. The van der Waals surface area contributed by atoms with E-state index >= 15 is 0 Å². The molecule has 128 valence electrons. The van der Waals surface area contributed by atoms with Gasteiger partial charge in [-0.15, -0.1) is 0 Å². The summed E-state index contributed by atoms with van der Waals surface area (Å²) in [6.07, 6.45) is 1.21. The fourth-order valence-electron chi connectivity index (χ4n) is 4.99. The first-order valence-corrected chi connectivity index (χ1v) is 8.71. The molecule has 3 fully saturated rings. The van der Waals surface area contributed by atoms with Gasteiger partial charge in [-0.05, 0) is 57.2 Å². The van der Waals surface area contributed by atoms with Crippen LogP contribution in [0, 0.1) is 25.7 Å². The molecule has 0 aromatic heterocycles. The minimum atomic E-state index is -0.628. The first kappa shape index (κ1) is 16.0. The number of fused-ring (bicyclic) bond motifs is 1. The second kappa shape index (κ2) is 4.99. The molecule has 1 spiro atoms. The molecule has 4 rings (SSSR count). The lowest BCUT2D eigenvalue weighted by atomic mass is 9.85. The Labute approximate surface area is 142 Å². The van der Waals surface area contributed by atoms with Gasteiger partial charge in [-0.3, -0.25) is 9.59 Å². The minimum absolute atomic E-state index is 0.0765. The molecule has 0 amide bonds. The molecule has 2 saturated carbocycles. The third-order valence-electron chi connectivity index (χ3n) is 5.95. The fourth-order valence-corrected chi connectivity index (χ4v) is 4.99. The summed E-state index contributed by atoms with van der Waals surface area (Å²) in [5.41, 5.74) is 2.51. The normalized spacial score (nSPS) is 37.4. The lowest BCUT2D eigenvalue weighted by Gasteiger charge is -2.26. The van der Waals surface area contributed by atoms with Gasteiger partial charge >= 0.3 is 0 Å². The Bertz CT molecular complexity index is 689. The van der Waals surface area contributed by atoms with Crippen LogP contribution in [-0.4, -0.2) is 29.6 Å². The zero-order valence-corrected chi connectivity index (χ0v) is 14.7. The van der Waals surface area contributed by atoms with Gasteiger partial charge in [0.25, 0.3) is 0 Å². The SMILES string of the molecule is Cc1cccc(C)c1C1C(=O)C2CC3(COC(C)(C)O3)CC2C1=O. The van der Waals surface area contributed by atoms with Crippen LogP contribution in [0.2, 0.25) is 0 Å². The van der Waals surface area contributed by atoms with Gasteiger partial charge in [-0.25, -0.2) is 0 Å². The van der Waals surface area contributed by atoms with E-state index < -0.39 is 17.3 Å². The molecule has 1 saturated heterocycles. The number of ether oxygens (including phenoxy) is 2. The topological polar surface area (TPSA) is 52.6 Å². The first-order valence-electron chi connectivity index (χ1n) is 8.71. The number of ketones is 2. The summed E-state index contributed by atoms with van der Waals surface area (Å²) in [5, 5.41) is 0. The minimum Gasteiger partial charge on any atom is -0.347 e. The van der Waals surface area contributed by atoms with Gasteiger partial charge in [-0.2, -0.15) is 0 Å². The van der Waals surface area contributed by atoms with Crippen molar-refractivity contribution in [3.63, 3.8) is 0 Å². The van der Waals surface area contributed by atoms with Gasteiger partial charge in [0.05, 0.1) is 12.2 Å². The van der Waals surface area contributed by atoms with E-state index in [1.54, 1.807) is 0 Å². The van der Waals surface area contributed by atoms with E-state index in [1.807, 2.05) is 45.9 Å². The van der Waals surface area contributed by atoms with Gasteiger partial charge in [0.15, 0.2) is 17.4 Å². The van der Waals surface area contributed by atoms with E-state index in [2.05, 4.69) is 0 Å². The Morgan fingerprint density at radius 3 is 2.00 bits per heavy atom. The molecule has 0 bridgehead atoms. The number of rotatable bonds is 1. The van der Waals surface area contributed by atoms with Crippen LogP contribution in [0.5, 0.6) is 0 Å². The van der Waals surface area contributed by atoms with E-state index in [9.17, 15) is 9.59 Å². The Morgan fingerprint density at radius 2 is 1.54 bits per heavy atom. The van der Waals surface area contributed by atoms with Gasteiger partial charge in [-0.1, -0.05) is 18.2 Å². The maximum Gasteiger partial charge on any atom is 0.163 e. The highest BCUT2D eigenvalue weighted by atomic mass is 16.8. The van der Waals surface area contributed by atoms with Crippen molar-refractivity contribution in [2.75, 3.05) is 6.61 Å². The van der Waals surface area contributed by atoms with Gasteiger partial charge in [0.1, 0.15) is 5.92 Å². The number of carbonyl (C=O) groups excluding carboxylic acids is 2. The lowest BCUT2D eigenvalue weighted by Crippen LogP contribution is -2.34. The smallest absolute Gasteiger partial charge is 0.163 e. The van der Waals surface area contributed by atoms with Crippen LogP contribution in [0.4, 0.5) is 0 Å². The van der Waals surface area contributed by atoms with E-state index in [-0.39, 0.29) is 23.4 Å². The van der Waals surface area contributed by atoms with Crippen molar-refractivity contribution in [2.24, 2.45) is 11.8 Å². The van der Waals surface area contributed by atoms with E-state index in [0.29, 0.717) is 19.4 Å². The van der Waals surface area contributed by atoms with E-state index in [4.69, 9.17) is 9.47 Å². The quantitative estimate of drug-likeness (QED) is 0.744. The molecule has 2 atom stereocenters. The van der Waals surface area contributed by atoms with Crippen molar-refractivity contribution in [3.05, 3.63) is 34.9 Å². The number of carbonyl (C=O) groups is 2. The highest BCUT2D eigenvalue weighted by Gasteiger charge is 2.62. The van der Waals surface area contributed by atoms with Crippen LogP contribution < -0.4 is 0 Å². The molecule has 3 aliphatic rings. The molecular formula is C20H24O4. The molecule has 24 heavy (non-hydrogen) atoms. The first-order chi connectivity index (χ1) is 11.2. The maximum absolute atomic E-state index is 13.1. The van der Waals surface area contributed by atoms with Crippen LogP contribution in [0.3, 0.4) is 0 Å². The third kappa shape index (κ3) is 2.20. The Hall–Kier alpha value is -1.52. The van der Waals surface area contributed by atoms with Crippen LogP contribution in [0.1, 0.15) is 49.3 Å². The van der Waals surface area contributed by atoms with Gasteiger partial charge < -0.3 is 9.47 Å². The Morgan fingerprint density at radius 1 is 1.00 bits per heavy atom. The predicted octanol–water partition coefficient (Wildman–Crippen LogP) is 3.09. The second-order valence-electron chi connectivity index (χ2n) is 8.14. The fraction of sp³-hybridized carbons (Fsp3) is 0.600. The number of benzene rings is 1. The maximum atomic E-state index is 13.1. The molecule has 2 unspecified atom stereocenters. The van der Waals surface area contributed by atoms with Crippen LogP contribution >= 0.6 is 0 Å². The molecule has 0 radical (unpaired) electrons. The molecule has 1 aromatic carbocycles. The van der Waals surface area contributed by atoms with Crippen molar-refractivity contribution in [1.82, 2.24) is 0 Å². The summed E-state index contributed by atoms with van der Waals surface area (Å²) < 4.78 is 11.8. The zero-order valence-electron chi connectivity index (χ0n) is 14.7. The molecule has 4 heteroatoms. The predicted molar refractivity (Wildman–Crippen MR) is 88.7 cm³/mol. The van der Waals surface area contributed by atoms with Crippen molar-refractivity contribution < 1.29 is 19.1 Å². The molecule has 0 N–H and O–H groups in total. The summed E-state index contributed by atoms with van der Waals surface area (Å²) in [6, 6.07) is 5.93. The van der Waals surface area contributed by atoms with Crippen LogP contribution in [0.15, 0.2) is 18.2 Å². The molecule has 1 aliphatic heterocycles. The third-order valence-corrected chi connectivity index (χ3v) is 5.95. The highest BCUT2D eigenvalue weighted by Crippen LogP contribution is 2.54. The lowest BCUT2D eigenvalue weighted by molar-refractivity contribution is -0.162. The zero-order chi connectivity index (χ0) is 17.3. The molecule has 1 heterocycles. The summed E-state index contributed by atoms with van der Waals surface area (Å²) in [7, 11) is 0. The van der Waals surface area contributed by atoms with Gasteiger partial charge in [0, 0.05) is 11.8 Å². The summed E-state index contributed by atoms with van der Waals surface area (Å²) in [4.78, 5) is 26.2. The Balaban J connectivity index is 1.65. The van der Waals surface area contributed by atoms with Crippen LogP contribution in [-0.2, 0) is 19.1 Å². The number of aryl methyl sites for hydroxylation is 2. The summed E-state index contributed by atoms with van der Waals surface area (Å²) in [6.45, 7) is 8.21. The van der Waals surface area contributed by atoms with Gasteiger partial charge in [0.2, 0.25) is 0 Å². The summed E-state index contributed by atoms with van der Waals surface area (Å²) in [5.74, 6) is -1.51. The molecular weight excluding hydrogens is 304 g/mol. The van der Waals surface area contributed by atoms with Crippen molar-refractivity contribution in [2.45, 2.75) is 57.8 Å². The molecule has 4 nitrogen and oxygen atoms in total. The second-order valence-corrected chi connectivity index (χ2v) is 8.14. The Kier molecular flexibility index (Phi) is 3.32. The van der Waals surface area contributed by atoms with Crippen molar-refractivity contribution in [1.29, 1.82) is 0 Å². The molecule has 2 aliphatic carbocycles. The summed E-state index contributed by atoms with van der Waals surface area (Å²) >= 11 is 0. The van der Waals surface area contributed by atoms with Crippen LogP contribution in [0.25, 0.3) is 0 Å². The number of Topliss-reactive ketones (excluding diaryl/α,β-unsaturated/α-hetero) is 2. The van der Waals surface area contributed by atoms with Crippen molar-refractivity contribution in [3.8, 4) is 0 Å². The average Bonchev–Trinajstić information content (AvgIpc) is 3.08. The van der Waals surface area contributed by atoms with Crippen molar-refractivity contribution >= 4 is 11.6 Å². The largest absolute Gasteiger partial charge is 0.347 e. The molecule has 1 aromatic rings. The van der Waals surface area contributed by atoms with E-state index in [0.717, 1.165) is 16.7 Å². The highest BCUT2D eigenvalue weighted by molar-refractivity contribution is 6.16. The number of hydrogen-bond acceptors (Lipinski definition) is 4.